The van der Waals surface area contributed by atoms with Gasteiger partial charge in [-0.1, -0.05) is 11.6 Å². The number of likely N-dealkylation sites (tertiary alicyclic amines) is 1. The van der Waals surface area contributed by atoms with Gasteiger partial charge in [0.05, 0.1) is 6.54 Å². The average molecular weight is 344 g/mol. The first-order chi connectivity index (χ1) is 11.6. The Balaban J connectivity index is 1.39. The Morgan fingerprint density at radius 1 is 1.08 bits per heavy atom. The highest BCUT2D eigenvalue weighted by molar-refractivity contribution is 6.30. The molecule has 1 aromatic heterocycles. The zero-order valence-electron chi connectivity index (χ0n) is 13.2. The van der Waals surface area contributed by atoms with Gasteiger partial charge in [0.15, 0.2) is 0 Å². The molecule has 1 saturated heterocycles. The topological polar surface area (TPSA) is 45.6 Å². The number of hydrogen-bond acceptors (Lipinski definition) is 2. The predicted octanol–water partition coefficient (Wildman–Crippen LogP) is 3.23. The third-order valence-corrected chi connectivity index (χ3v) is 5.15. The molecule has 0 unspecified atom stereocenters. The summed E-state index contributed by atoms with van der Waals surface area (Å²) in [4.78, 5) is 28.8. The highest BCUT2D eigenvalue weighted by atomic mass is 35.5. The minimum absolute atomic E-state index is 0.0316. The molecule has 0 spiro atoms. The van der Waals surface area contributed by atoms with Crippen molar-refractivity contribution < 1.29 is 9.59 Å². The Labute approximate surface area is 145 Å². The number of amides is 2. The first-order valence-corrected chi connectivity index (χ1v) is 8.53. The van der Waals surface area contributed by atoms with E-state index in [9.17, 15) is 9.59 Å². The molecule has 1 aromatic carbocycles. The molecule has 2 aromatic rings. The van der Waals surface area contributed by atoms with Crippen LogP contribution >= 0.6 is 11.6 Å². The maximum absolute atomic E-state index is 12.5. The van der Waals surface area contributed by atoms with Crippen molar-refractivity contribution in [3.8, 4) is 0 Å². The fraction of sp³-hybridized carbons (Fsp3) is 0.333. The van der Waals surface area contributed by atoms with Crippen LogP contribution in [0.15, 0.2) is 42.6 Å². The smallest absolute Gasteiger partial charge is 0.329 e. The minimum atomic E-state index is 0.0316. The van der Waals surface area contributed by atoms with Gasteiger partial charge in [-0.25, -0.2) is 4.79 Å². The second-order valence-electron chi connectivity index (χ2n) is 6.31. The summed E-state index contributed by atoms with van der Waals surface area (Å²) in [6.45, 7) is 2.01. The Kier molecular flexibility index (Phi) is 3.81. The monoisotopic (exact) mass is 343 g/mol. The molecule has 0 saturated carbocycles. The van der Waals surface area contributed by atoms with E-state index in [0.29, 0.717) is 30.2 Å². The van der Waals surface area contributed by atoms with Gasteiger partial charge in [-0.3, -0.25) is 9.36 Å². The Hall–Kier alpha value is -2.27. The second-order valence-corrected chi connectivity index (χ2v) is 6.75. The van der Waals surface area contributed by atoms with Crippen LogP contribution in [-0.2, 0) is 6.54 Å². The van der Waals surface area contributed by atoms with Gasteiger partial charge in [0.1, 0.15) is 0 Å². The zero-order chi connectivity index (χ0) is 16.7. The summed E-state index contributed by atoms with van der Waals surface area (Å²) >= 11 is 5.87. The molecule has 24 heavy (non-hydrogen) atoms. The molecule has 0 atom stereocenters. The summed E-state index contributed by atoms with van der Waals surface area (Å²) < 4.78 is 1.71. The van der Waals surface area contributed by atoms with Crippen LogP contribution < -0.4 is 0 Å². The van der Waals surface area contributed by atoms with Gasteiger partial charge in [-0.15, -0.1) is 0 Å². The number of carbonyl (C=O) groups excluding carboxylic acids is 2. The summed E-state index contributed by atoms with van der Waals surface area (Å²) in [5.74, 6) is 0.0316. The number of rotatable bonds is 2. The van der Waals surface area contributed by atoms with E-state index in [4.69, 9.17) is 11.6 Å². The highest BCUT2D eigenvalue weighted by Crippen LogP contribution is 2.26. The Morgan fingerprint density at radius 3 is 2.46 bits per heavy atom. The van der Waals surface area contributed by atoms with Gasteiger partial charge in [-0.05, 0) is 49.2 Å². The van der Waals surface area contributed by atoms with Crippen LogP contribution in [0.4, 0.5) is 4.79 Å². The van der Waals surface area contributed by atoms with Crippen LogP contribution in [-0.4, -0.2) is 45.4 Å². The molecule has 2 aliphatic heterocycles. The van der Waals surface area contributed by atoms with Crippen LogP contribution in [0.25, 0.3) is 0 Å². The van der Waals surface area contributed by atoms with E-state index >= 15 is 0 Å². The van der Waals surface area contributed by atoms with Gasteiger partial charge < -0.3 is 9.80 Å². The summed E-state index contributed by atoms with van der Waals surface area (Å²) in [5, 5.41) is 0.627. The molecule has 0 N–H and O–H groups in total. The van der Waals surface area contributed by atoms with Crippen molar-refractivity contribution in [2.24, 2.45) is 0 Å². The molecular formula is C18H18ClN3O2. The normalized spacial score (nSPS) is 18.1. The predicted molar refractivity (Wildman–Crippen MR) is 91.1 cm³/mol. The van der Waals surface area contributed by atoms with E-state index in [1.165, 1.54) is 0 Å². The summed E-state index contributed by atoms with van der Waals surface area (Å²) in [7, 11) is 0. The van der Waals surface area contributed by atoms with Gasteiger partial charge in [0, 0.05) is 41.6 Å². The van der Waals surface area contributed by atoms with E-state index in [0.717, 1.165) is 18.5 Å². The number of halogens is 1. The summed E-state index contributed by atoms with van der Waals surface area (Å²) in [6, 6.07) is 11.1. The van der Waals surface area contributed by atoms with Gasteiger partial charge in [-0.2, -0.15) is 0 Å². The van der Waals surface area contributed by atoms with Crippen molar-refractivity contribution in [2.45, 2.75) is 25.4 Å². The van der Waals surface area contributed by atoms with Crippen molar-refractivity contribution in [3.63, 3.8) is 0 Å². The number of carbonyl (C=O) groups is 2. The lowest BCUT2D eigenvalue weighted by molar-refractivity contribution is 0.0657. The zero-order valence-corrected chi connectivity index (χ0v) is 13.9. The maximum atomic E-state index is 12.5. The van der Waals surface area contributed by atoms with Gasteiger partial charge in [0.2, 0.25) is 0 Å². The number of fused-ring (bicyclic) bond motifs is 1. The molecule has 124 valence electrons. The highest BCUT2D eigenvalue weighted by Gasteiger charge is 2.34. The Bertz CT molecular complexity index is 776. The van der Waals surface area contributed by atoms with Crippen LogP contribution in [0.5, 0.6) is 0 Å². The molecule has 4 rings (SSSR count). The Morgan fingerprint density at radius 2 is 1.79 bits per heavy atom. The van der Waals surface area contributed by atoms with Gasteiger partial charge >= 0.3 is 6.03 Å². The lowest BCUT2D eigenvalue weighted by Gasteiger charge is -2.36. The number of benzene rings is 1. The molecule has 2 amide bonds. The number of aromatic nitrogens is 1. The summed E-state index contributed by atoms with van der Waals surface area (Å²) in [6.07, 6.45) is 3.45. The number of nitrogens with zero attached hydrogens (tertiary/aromatic N) is 3. The molecule has 1 fully saturated rings. The third kappa shape index (κ3) is 2.59. The van der Waals surface area contributed by atoms with E-state index in [1.807, 2.05) is 28.1 Å². The SMILES string of the molecule is O=C(c1ccc(Cl)cc1)N1CCC(N2Cc3cccn3C2=O)CC1. The molecule has 2 aliphatic rings. The average Bonchev–Trinajstić information content (AvgIpc) is 3.18. The van der Waals surface area contributed by atoms with Crippen molar-refractivity contribution in [1.29, 1.82) is 0 Å². The minimum Gasteiger partial charge on any atom is -0.338 e. The first kappa shape index (κ1) is 15.3. The van der Waals surface area contributed by atoms with E-state index in [2.05, 4.69) is 0 Å². The number of piperidine rings is 1. The molecule has 3 heterocycles. The second kappa shape index (κ2) is 5.98. The largest absolute Gasteiger partial charge is 0.338 e. The number of hydrogen-bond donors (Lipinski definition) is 0. The van der Waals surface area contributed by atoms with Crippen LogP contribution in [0, 0.1) is 0 Å². The van der Waals surface area contributed by atoms with Crippen LogP contribution in [0.2, 0.25) is 5.02 Å². The van der Waals surface area contributed by atoms with E-state index < -0.39 is 0 Å². The fourth-order valence-electron chi connectivity index (χ4n) is 3.55. The molecular weight excluding hydrogens is 326 g/mol. The van der Waals surface area contributed by atoms with Crippen molar-refractivity contribution >= 4 is 23.5 Å². The van der Waals surface area contributed by atoms with Crippen molar-refractivity contribution in [3.05, 3.63) is 58.9 Å². The van der Waals surface area contributed by atoms with Crippen LogP contribution in [0.1, 0.15) is 28.9 Å². The standard InChI is InChI=1S/C18H18ClN3O2/c19-14-5-3-13(4-6-14)17(23)20-10-7-15(8-11-20)22-12-16-2-1-9-21(16)18(22)24/h1-6,9,15H,7-8,10-12H2. The molecule has 0 aliphatic carbocycles. The first-order valence-electron chi connectivity index (χ1n) is 8.15. The summed E-state index contributed by atoms with van der Waals surface area (Å²) in [5.41, 5.74) is 1.70. The molecule has 0 bridgehead atoms. The molecule has 5 nitrogen and oxygen atoms in total. The van der Waals surface area contributed by atoms with Crippen molar-refractivity contribution in [1.82, 2.24) is 14.4 Å². The lowest BCUT2D eigenvalue weighted by atomic mass is 10.0. The van der Waals surface area contributed by atoms with Crippen LogP contribution in [0.3, 0.4) is 0 Å². The molecule has 0 radical (unpaired) electrons. The quantitative estimate of drug-likeness (QED) is 0.840. The lowest BCUT2D eigenvalue weighted by Crippen LogP contribution is -2.47. The van der Waals surface area contributed by atoms with E-state index in [-0.39, 0.29) is 18.0 Å². The van der Waals surface area contributed by atoms with E-state index in [1.54, 1.807) is 28.8 Å². The van der Waals surface area contributed by atoms with Crippen molar-refractivity contribution in [2.75, 3.05) is 13.1 Å². The third-order valence-electron chi connectivity index (χ3n) is 4.90. The fourth-order valence-corrected chi connectivity index (χ4v) is 3.68. The maximum Gasteiger partial charge on any atom is 0.329 e. The van der Waals surface area contributed by atoms with Gasteiger partial charge in [0.25, 0.3) is 5.91 Å². The molecule has 6 heteroatoms.